The van der Waals surface area contributed by atoms with Crippen molar-refractivity contribution in [3.05, 3.63) is 88.4 Å². The molecule has 3 aromatic rings. The van der Waals surface area contributed by atoms with Crippen LogP contribution in [0, 0.1) is 5.92 Å². The third-order valence-electron chi connectivity index (χ3n) is 6.57. The van der Waals surface area contributed by atoms with Crippen LogP contribution in [0.1, 0.15) is 29.0 Å². The highest BCUT2D eigenvalue weighted by Crippen LogP contribution is 2.29. The van der Waals surface area contributed by atoms with Gasteiger partial charge in [-0.15, -0.1) is 11.3 Å². The van der Waals surface area contributed by atoms with Crippen molar-refractivity contribution in [2.75, 3.05) is 33.4 Å². The normalized spacial score (nSPS) is 16.4. The molecule has 0 radical (unpaired) electrons. The second-order valence-corrected chi connectivity index (χ2v) is 9.77. The van der Waals surface area contributed by atoms with E-state index in [-0.39, 0.29) is 0 Å². The van der Waals surface area contributed by atoms with E-state index >= 15 is 0 Å². The SMILES string of the molecule is COCCN(Cc1ccccn1)[C@@H](Cc1ccccc1)C1CCN(Cc2cccs2)CC1. The largest absolute Gasteiger partial charge is 0.383 e. The van der Waals surface area contributed by atoms with Gasteiger partial charge in [0.1, 0.15) is 0 Å². The molecule has 2 aromatic heterocycles. The molecule has 0 bridgehead atoms. The molecule has 1 saturated heterocycles. The fourth-order valence-electron chi connectivity index (χ4n) is 4.84. The van der Waals surface area contributed by atoms with Crippen LogP contribution >= 0.6 is 11.3 Å². The summed E-state index contributed by atoms with van der Waals surface area (Å²) in [6.07, 6.45) is 5.47. The van der Waals surface area contributed by atoms with Crippen molar-refractivity contribution < 1.29 is 4.74 Å². The summed E-state index contributed by atoms with van der Waals surface area (Å²) in [5, 5.41) is 2.18. The number of aromatic nitrogens is 1. The second kappa shape index (κ2) is 12.3. The molecule has 1 fully saturated rings. The lowest BCUT2D eigenvalue weighted by molar-refractivity contribution is 0.0566. The maximum absolute atomic E-state index is 5.50. The van der Waals surface area contributed by atoms with Gasteiger partial charge in [-0.3, -0.25) is 14.8 Å². The molecule has 3 heterocycles. The van der Waals surface area contributed by atoms with E-state index in [4.69, 9.17) is 4.74 Å². The van der Waals surface area contributed by atoms with Crippen LogP contribution in [-0.2, 0) is 24.2 Å². The molecule has 0 spiro atoms. The molecule has 5 heteroatoms. The van der Waals surface area contributed by atoms with Crippen molar-refractivity contribution in [1.29, 1.82) is 0 Å². The Morgan fingerprint density at radius 3 is 2.56 bits per heavy atom. The highest BCUT2D eigenvalue weighted by atomic mass is 32.1. The van der Waals surface area contributed by atoms with E-state index in [0.29, 0.717) is 12.0 Å². The molecule has 4 rings (SSSR count). The number of benzene rings is 1. The summed E-state index contributed by atoms with van der Waals surface area (Å²) in [6, 6.07) is 22.1. The smallest absolute Gasteiger partial charge is 0.0589 e. The number of hydrogen-bond acceptors (Lipinski definition) is 5. The van der Waals surface area contributed by atoms with Crippen molar-refractivity contribution in [1.82, 2.24) is 14.8 Å². The summed E-state index contributed by atoms with van der Waals surface area (Å²) in [6.45, 7) is 5.99. The van der Waals surface area contributed by atoms with E-state index in [1.54, 1.807) is 7.11 Å². The summed E-state index contributed by atoms with van der Waals surface area (Å²) >= 11 is 1.87. The third kappa shape index (κ3) is 6.72. The number of pyridine rings is 1. The van der Waals surface area contributed by atoms with E-state index in [0.717, 1.165) is 38.4 Å². The Kier molecular flexibility index (Phi) is 8.86. The second-order valence-electron chi connectivity index (χ2n) is 8.73. The minimum atomic E-state index is 0.485. The predicted molar refractivity (Wildman–Crippen MR) is 133 cm³/mol. The number of nitrogens with zero attached hydrogens (tertiary/aromatic N) is 3. The highest BCUT2D eigenvalue weighted by Gasteiger charge is 2.31. The van der Waals surface area contributed by atoms with Crippen LogP contribution in [0.15, 0.2) is 72.2 Å². The topological polar surface area (TPSA) is 28.6 Å². The Bertz CT molecular complexity index is 880. The van der Waals surface area contributed by atoms with E-state index in [9.17, 15) is 0 Å². The van der Waals surface area contributed by atoms with Gasteiger partial charge < -0.3 is 4.74 Å². The molecular weight excluding hydrogens is 414 g/mol. The third-order valence-corrected chi connectivity index (χ3v) is 7.43. The summed E-state index contributed by atoms with van der Waals surface area (Å²) in [7, 11) is 1.80. The van der Waals surface area contributed by atoms with Gasteiger partial charge in [-0.2, -0.15) is 0 Å². The first-order valence-electron chi connectivity index (χ1n) is 11.7. The number of hydrogen-bond donors (Lipinski definition) is 0. The maximum Gasteiger partial charge on any atom is 0.0589 e. The molecule has 1 atom stereocenters. The summed E-state index contributed by atoms with van der Waals surface area (Å²) in [5.74, 6) is 0.676. The molecule has 1 aliphatic rings. The number of ether oxygens (including phenoxy) is 1. The quantitative estimate of drug-likeness (QED) is 0.406. The summed E-state index contributed by atoms with van der Waals surface area (Å²) in [5.41, 5.74) is 2.55. The van der Waals surface area contributed by atoms with Gasteiger partial charge in [-0.05, 0) is 67.4 Å². The van der Waals surface area contributed by atoms with E-state index in [1.807, 2.05) is 23.6 Å². The van der Waals surface area contributed by atoms with Gasteiger partial charge >= 0.3 is 0 Å². The fourth-order valence-corrected chi connectivity index (χ4v) is 5.58. The molecule has 0 aliphatic carbocycles. The minimum Gasteiger partial charge on any atom is -0.383 e. The molecular formula is C27H35N3OS. The van der Waals surface area contributed by atoms with Gasteiger partial charge in [0.25, 0.3) is 0 Å². The Morgan fingerprint density at radius 1 is 1.06 bits per heavy atom. The van der Waals surface area contributed by atoms with Gasteiger partial charge in [0, 0.05) is 43.9 Å². The number of thiophene rings is 1. The van der Waals surface area contributed by atoms with Crippen molar-refractivity contribution in [2.24, 2.45) is 5.92 Å². The first-order chi connectivity index (χ1) is 15.8. The van der Waals surface area contributed by atoms with Crippen molar-refractivity contribution >= 4 is 11.3 Å². The van der Waals surface area contributed by atoms with Gasteiger partial charge in [-0.1, -0.05) is 42.5 Å². The van der Waals surface area contributed by atoms with Crippen LogP contribution in [0.25, 0.3) is 0 Å². The fraction of sp³-hybridized carbons (Fsp3) is 0.444. The average molecular weight is 450 g/mol. The van der Waals surface area contributed by atoms with Crippen molar-refractivity contribution in [3.8, 4) is 0 Å². The standard InChI is InChI=1S/C27H35N3OS/c1-31-18-17-30(21-25-10-5-6-14-28-25)27(20-23-8-3-2-4-9-23)24-12-15-29(16-13-24)22-26-11-7-19-32-26/h2-11,14,19,24,27H,12-13,15-18,20-22H2,1H3/t27-/m0/s1. The first kappa shape index (κ1) is 23.1. The van der Waals surface area contributed by atoms with Crippen LogP contribution in [0.5, 0.6) is 0 Å². The molecule has 32 heavy (non-hydrogen) atoms. The van der Waals surface area contributed by atoms with Crippen LogP contribution in [0.4, 0.5) is 0 Å². The molecule has 0 N–H and O–H groups in total. The first-order valence-corrected chi connectivity index (χ1v) is 12.6. The van der Waals surface area contributed by atoms with E-state index < -0.39 is 0 Å². The van der Waals surface area contributed by atoms with E-state index in [2.05, 4.69) is 74.8 Å². The number of piperidine rings is 1. The van der Waals surface area contributed by atoms with Crippen molar-refractivity contribution in [2.45, 2.75) is 38.4 Å². The van der Waals surface area contributed by atoms with Gasteiger partial charge in [0.2, 0.25) is 0 Å². The maximum atomic E-state index is 5.50. The molecule has 0 saturated carbocycles. The molecule has 1 aliphatic heterocycles. The monoisotopic (exact) mass is 449 g/mol. The Hall–Kier alpha value is -2.05. The van der Waals surface area contributed by atoms with Gasteiger partial charge in [0.05, 0.1) is 12.3 Å². The molecule has 0 unspecified atom stereocenters. The molecule has 170 valence electrons. The Balaban J connectivity index is 1.48. The van der Waals surface area contributed by atoms with Crippen LogP contribution in [0.2, 0.25) is 0 Å². The zero-order valence-electron chi connectivity index (χ0n) is 19.1. The van der Waals surface area contributed by atoms with Crippen LogP contribution < -0.4 is 0 Å². The lowest BCUT2D eigenvalue weighted by Crippen LogP contribution is -2.47. The zero-order chi connectivity index (χ0) is 22.0. The van der Waals surface area contributed by atoms with Crippen LogP contribution in [-0.4, -0.2) is 54.2 Å². The Labute approximate surface area is 196 Å². The highest BCUT2D eigenvalue weighted by molar-refractivity contribution is 7.09. The Morgan fingerprint density at radius 2 is 1.88 bits per heavy atom. The predicted octanol–water partition coefficient (Wildman–Crippen LogP) is 5.12. The lowest BCUT2D eigenvalue weighted by Gasteiger charge is -2.41. The minimum absolute atomic E-state index is 0.485. The van der Waals surface area contributed by atoms with Gasteiger partial charge in [0.15, 0.2) is 0 Å². The number of rotatable bonds is 11. The van der Waals surface area contributed by atoms with Crippen LogP contribution in [0.3, 0.4) is 0 Å². The average Bonchev–Trinajstić information content (AvgIpc) is 3.35. The van der Waals surface area contributed by atoms with Crippen molar-refractivity contribution in [3.63, 3.8) is 0 Å². The summed E-state index contributed by atoms with van der Waals surface area (Å²) < 4.78 is 5.50. The molecule has 4 nitrogen and oxygen atoms in total. The zero-order valence-corrected chi connectivity index (χ0v) is 19.9. The summed E-state index contributed by atoms with van der Waals surface area (Å²) in [4.78, 5) is 11.3. The molecule has 1 aromatic carbocycles. The lowest BCUT2D eigenvalue weighted by atomic mass is 9.84. The van der Waals surface area contributed by atoms with Gasteiger partial charge in [-0.25, -0.2) is 0 Å². The van der Waals surface area contributed by atoms with E-state index in [1.165, 1.54) is 36.4 Å². The number of likely N-dealkylation sites (tertiary alicyclic amines) is 1. The molecule has 0 amide bonds. The number of methoxy groups -OCH3 is 1.